The van der Waals surface area contributed by atoms with E-state index in [0.717, 1.165) is 32.3 Å². The molecule has 5 heteroatoms. The van der Waals surface area contributed by atoms with Gasteiger partial charge < -0.3 is 15.1 Å². The van der Waals surface area contributed by atoms with Crippen LogP contribution in [0.3, 0.4) is 0 Å². The zero-order chi connectivity index (χ0) is 15.9. The molecule has 2 fully saturated rings. The molecule has 1 aliphatic heterocycles. The van der Waals surface area contributed by atoms with Gasteiger partial charge in [-0.3, -0.25) is 9.59 Å². The molecule has 0 aromatic rings. The van der Waals surface area contributed by atoms with Crippen LogP contribution in [0.25, 0.3) is 0 Å². The van der Waals surface area contributed by atoms with Crippen molar-refractivity contribution in [3.05, 3.63) is 0 Å². The van der Waals surface area contributed by atoms with E-state index in [1.807, 2.05) is 0 Å². The standard InChI is InChI=1S/C17H31N3O2/c1-19(2)17(22)16(10-14-6-4-3-5-7-14)20(13-21)12-15-8-9-18-11-15/h13-16,18H,3-12H2,1-2H3. The molecule has 1 heterocycles. The van der Waals surface area contributed by atoms with Gasteiger partial charge in [0.05, 0.1) is 0 Å². The van der Waals surface area contributed by atoms with E-state index in [0.29, 0.717) is 18.4 Å². The summed E-state index contributed by atoms with van der Waals surface area (Å²) in [6, 6.07) is -0.281. The highest BCUT2D eigenvalue weighted by atomic mass is 16.2. The predicted octanol–water partition coefficient (Wildman–Crippen LogP) is 1.48. The highest BCUT2D eigenvalue weighted by Gasteiger charge is 2.31. The highest BCUT2D eigenvalue weighted by Crippen LogP contribution is 2.29. The number of hydrogen-bond acceptors (Lipinski definition) is 3. The summed E-state index contributed by atoms with van der Waals surface area (Å²) in [5.41, 5.74) is 0. The molecule has 2 atom stereocenters. The fraction of sp³-hybridized carbons (Fsp3) is 0.882. The van der Waals surface area contributed by atoms with Crippen LogP contribution < -0.4 is 5.32 Å². The molecular formula is C17H31N3O2. The summed E-state index contributed by atoms with van der Waals surface area (Å²) in [6.45, 7) is 2.68. The zero-order valence-corrected chi connectivity index (χ0v) is 14.1. The van der Waals surface area contributed by atoms with Crippen LogP contribution in [0.1, 0.15) is 44.9 Å². The summed E-state index contributed by atoms with van der Waals surface area (Å²) in [5, 5.41) is 3.34. The summed E-state index contributed by atoms with van der Waals surface area (Å²) < 4.78 is 0. The number of hydrogen-bond donors (Lipinski definition) is 1. The Hall–Kier alpha value is -1.10. The van der Waals surface area contributed by atoms with Gasteiger partial charge in [0.2, 0.25) is 12.3 Å². The van der Waals surface area contributed by atoms with Crippen LogP contribution in [0.5, 0.6) is 0 Å². The maximum absolute atomic E-state index is 12.6. The number of nitrogens with zero attached hydrogens (tertiary/aromatic N) is 2. The van der Waals surface area contributed by atoms with Gasteiger partial charge in [-0.05, 0) is 37.8 Å². The number of carbonyl (C=O) groups is 2. The Morgan fingerprint density at radius 2 is 1.91 bits per heavy atom. The number of nitrogens with one attached hydrogen (secondary N) is 1. The Balaban J connectivity index is 2.02. The van der Waals surface area contributed by atoms with Crippen molar-refractivity contribution >= 4 is 12.3 Å². The Bertz CT molecular complexity index is 361. The molecule has 5 nitrogen and oxygen atoms in total. The fourth-order valence-electron chi connectivity index (χ4n) is 3.83. The van der Waals surface area contributed by atoms with Gasteiger partial charge in [-0.15, -0.1) is 0 Å². The lowest BCUT2D eigenvalue weighted by Crippen LogP contribution is -2.48. The van der Waals surface area contributed by atoms with Gasteiger partial charge in [0.1, 0.15) is 6.04 Å². The van der Waals surface area contributed by atoms with Gasteiger partial charge in [-0.2, -0.15) is 0 Å². The number of carbonyl (C=O) groups excluding carboxylic acids is 2. The monoisotopic (exact) mass is 309 g/mol. The van der Waals surface area contributed by atoms with Crippen molar-refractivity contribution < 1.29 is 9.59 Å². The lowest BCUT2D eigenvalue weighted by atomic mass is 9.84. The molecule has 0 radical (unpaired) electrons. The van der Waals surface area contributed by atoms with E-state index in [1.165, 1.54) is 32.1 Å². The van der Waals surface area contributed by atoms with E-state index in [2.05, 4.69) is 5.32 Å². The molecule has 2 unspecified atom stereocenters. The number of rotatable bonds is 7. The summed E-state index contributed by atoms with van der Waals surface area (Å²) in [6.07, 6.45) is 9.07. The second kappa shape index (κ2) is 8.51. The molecule has 1 aliphatic carbocycles. The van der Waals surface area contributed by atoms with Crippen molar-refractivity contribution in [3.63, 3.8) is 0 Å². The Morgan fingerprint density at radius 3 is 2.45 bits per heavy atom. The minimum atomic E-state index is -0.281. The van der Waals surface area contributed by atoms with E-state index in [-0.39, 0.29) is 11.9 Å². The van der Waals surface area contributed by atoms with Gasteiger partial charge in [0.25, 0.3) is 0 Å². The highest BCUT2D eigenvalue weighted by molar-refractivity contribution is 5.83. The van der Waals surface area contributed by atoms with E-state index >= 15 is 0 Å². The van der Waals surface area contributed by atoms with E-state index in [9.17, 15) is 9.59 Å². The van der Waals surface area contributed by atoms with Crippen molar-refractivity contribution in [2.75, 3.05) is 33.7 Å². The molecule has 0 bridgehead atoms. The summed E-state index contributed by atoms with van der Waals surface area (Å²) >= 11 is 0. The largest absolute Gasteiger partial charge is 0.347 e. The first-order chi connectivity index (χ1) is 10.6. The molecule has 126 valence electrons. The molecule has 0 spiro atoms. The van der Waals surface area contributed by atoms with Gasteiger partial charge in [-0.1, -0.05) is 32.1 Å². The minimum absolute atomic E-state index is 0.0728. The summed E-state index contributed by atoms with van der Waals surface area (Å²) in [7, 11) is 3.58. The molecule has 2 rings (SSSR count). The second-order valence-corrected chi connectivity index (χ2v) is 7.15. The molecule has 1 saturated carbocycles. The van der Waals surface area contributed by atoms with Crippen molar-refractivity contribution in [2.24, 2.45) is 11.8 Å². The third-order valence-electron chi connectivity index (χ3n) is 5.17. The average Bonchev–Trinajstić information content (AvgIpc) is 3.04. The number of amides is 2. The Labute approximate surface area is 134 Å². The van der Waals surface area contributed by atoms with Gasteiger partial charge in [0, 0.05) is 20.6 Å². The lowest BCUT2D eigenvalue weighted by molar-refractivity contribution is -0.140. The van der Waals surface area contributed by atoms with Crippen LogP contribution in [-0.4, -0.2) is 61.9 Å². The lowest BCUT2D eigenvalue weighted by Gasteiger charge is -2.34. The van der Waals surface area contributed by atoms with E-state index < -0.39 is 0 Å². The predicted molar refractivity (Wildman–Crippen MR) is 87.4 cm³/mol. The SMILES string of the molecule is CN(C)C(=O)C(CC1CCCCC1)N(C=O)CC1CCNC1. The Morgan fingerprint density at radius 1 is 1.18 bits per heavy atom. The molecule has 2 amide bonds. The molecule has 0 aromatic carbocycles. The van der Waals surface area contributed by atoms with E-state index in [1.54, 1.807) is 23.9 Å². The average molecular weight is 309 g/mol. The van der Waals surface area contributed by atoms with Gasteiger partial charge >= 0.3 is 0 Å². The second-order valence-electron chi connectivity index (χ2n) is 7.15. The summed E-state index contributed by atoms with van der Waals surface area (Å²) in [5.74, 6) is 1.14. The molecule has 1 N–H and O–H groups in total. The van der Waals surface area contributed by atoms with Crippen molar-refractivity contribution in [2.45, 2.75) is 51.0 Å². The Kier molecular flexibility index (Phi) is 6.68. The van der Waals surface area contributed by atoms with Crippen molar-refractivity contribution in [1.29, 1.82) is 0 Å². The maximum Gasteiger partial charge on any atom is 0.244 e. The van der Waals surface area contributed by atoms with Crippen LogP contribution in [0.15, 0.2) is 0 Å². The molecule has 1 saturated heterocycles. The van der Waals surface area contributed by atoms with Crippen LogP contribution in [0.2, 0.25) is 0 Å². The van der Waals surface area contributed by atoms with Crippen LogP contribution in [0.4, 0.5) is 0 Å². The maximum atomic E-state index is 12.6. The molecule has 0 aromatic heterocycles. The minimum Gasteiger partial charge on any atom is -0.347 e. The van der Waals surface area contributed by atoms with Gasteiger partial charge in [0.15, 0.2) is 0 Å². The number of likely N-dealkylation sites (N-methyl/N-ethyl adjacent to an activating group) is 1. The van der Waals surface area contributed by atoms with Crippen LogP contribution >= 0.6 is 0 Å². The fourth-order valence-corrected chi connectivity index (χ4v) is 3.83. The zero-order valence-electron chi connectivity index (χ0n) is 14.1. The van der Waals surface area contributed by atoms with Gasteiger partial charge in [-0.25, -0.2) is 0 Å². The summed E-state index contributed by atoms with van der Waals surface area (Å²) in [4.78, 5) is 27.6. The molecule has 22 heavy (non-hydrogen) atoms. The first-order valence-electron chi connectivity index (χ1n) is 8.74. The third kappa shape index (κ3) is 4.70. The van der Waals surface area contributed by atoms with Crippen molar-refractivity contribution in [3.8, 4) is 0 Å². The van der Waals surface area contributed by atoms with Crippen LogP contribution in [0, 0.1) is 11.8 Å². The van der Waals surface area contributed by atoms with Crippen molar-refractivity contribution in [1.82, 2.24) is 15.1 Å². The first-order valence-corrected chi connectivity index (χ1v) is 8.74. The topological polar surface area (TPSA) is 52.7 Å². The third-order valence-corrected chi connectivity index (χ3v) is 5.17. The normalized spacial score (nSPS) is 24.0. The first kappa shape index (κ1) is 17.3. The molecule has 2 aliphatic rings. The van der Waals surface area contributed by atoms with Crippen LogP contribution in [-0.2, 0) is 9.59 Å². The van der Waals surface area contributed by atoms with E-state index in [4.69, 9.17) is 0 Å². The smallest absolute Gasteiger partial charge is 0.244 e. The quantitative estimate of drug-likeness (QED) is 0.725. The molecular weight excluding hydrogens is 278 g/mol.